The second-order valence-corrected chi connectivity index (χ2v) is 5.30. The lowest BCUT2D eigenvalue weighted by Crippen LogP contribution is -2.15. The number of carbonyl (C=O) groups excluding carboxylic acids is 1. The molecule has 0 amide bonds. The number of rotatable bonds is 4. The molecule has 0 aliphatic carbocycles. The number of methoxy groups -OCH3 is 1. The first kappa shape index (κ1) is 13.5. The van der Waals surface area contributed by atoms with Crippen LogP contribution in [0.2, 0.25) is 0 Å². The zero-order valence-corrected chi connectivity index (χ0v) is 11.7. The van der Waals surface area contributed by atoms with Crippen LogP contribution in [-0.2, 0) is 9.53 Å². The Hall–Kier alpha value is -1.89. The third-order valence-electron chi connectivity index (χ3n) is 2.50. The summed E-state index contributed by atoms with van der Waals surface area (Å²) in [6.45, 7) is 3.75. The monoisotopic (exact) mass is 278 g/mol. The van der Waals surface area contributed by atoms with Crippen molar-refractivity contribution in [2.24, 2.45) is 0 Å². The van der Waals surface area contributed by atoms with Gasteiger partial charge in [-0.1, -0.05) is 23.9 Å². The minimum Gasteiger partial charge on any atom is -0.468 e. The molecule has 1 heterocycles. The first-order valence-corrected chi connectivity index (χ1v) is 6.59. The van der Waals surface area contributed by atoms with Gasteiger partial charge in [0.2, 0.25) is 5.16 Å². The average Bonchev–Trinajstić information content (AvgIpc) is 2.85. The van der Waals surface area contributed by atoms with Crippen LogP contribution in [0.25, 0.3) is 5.69 Å². The lowest BCUT2D eigenvalue weighted by Gasteiger charge is -2.08. The van der Waals surface area contributed by atoms with Gasteiger partial charge in [0.25, 0.3) is 0 Å². The number of ether oxygens (including phenoxy) is 1. The van der Waals surface area contributed by atoms with Crippen molar-refractivity contribution in [3.63, 3.8) is 0 Å². The van der Waals surface area contributed by atoms with E-state index in [0.29, 0.717) is 5.16 Å². The van der Waals surface area contributed by atoms with Crippen LogP contribution < -0.4 is 0 Å². The highest BCUT2D eigenvalue weighted by Crippen LogP contribution is 2.23. The number of thioether (sulfide) groups is 1. The molecule has 0 aliphatic rings. The summed E-state index contributed by atoms with van der Waals surface area (Å²) in [5.41, 5.74) is 1.98. The summed E-state index contributed by atoms with van der Waals surface area (Å²) in [5.74, 6) is -0.302. The summed E-state index contributed by atoms with van der Waals surface area (Å²) < 4.78 is 6.30. The summed E-state index contributed by atoms with van der Waals surface area (Å²) in [7, 11) is 1.36. The van der Waals surface area contributed by atoms with E-state index in [1.165, 1.54) is 18.9 Å². The molecule has 1 atom stereocenters. The minimum absolute atomic E-state index is 0.302. The second kappa shape index (κ2) is 5.83. The number of benzene rings is 1. The van der Waals surface area contributed by atoms with Crippen molar-refractivity contribution in [3.05, 3.63) is 29.8 Å². The maximum atomic E-state index is 11.4. The number of nitrogens with zero attached hydrogens (tertiary/aromatic N) is 4. The Morgan fingerprint density at radius 2 is 2.26 bits per heavy atom. The van der Waals surface area contributed by atoms with Gasteiger partial charge < -0.3 is 4.74 Å². The Morgan fingerprint density at radius 3 is 2.95 bits per heavy atom. The van der Waals surface area contributed by atoms with E-state index in [9.17, 15) is 4.79 Å². The topological polar surface area (TPSA) is 69.9 Å². The van der Waals surface area contributed by atoms with Gasteiger partial charge in [-0.2, -0.15) is 4.68 Å². The maximum absolute atomic E-state index is 11.4. The number of carbonyl (C=O) groups is 1. The third kappa shape index (κ3) is 3.11. The summed E-state index contributed by atoms with van der Waals surface area (Å²) in [4.78, 5) is 11.4. The SMILES string of the molecule is COC(=O)[C@H](C)Sc1nnnn1-c1cccc(C)c1. The highest BCUT2D eigenvalue weighted by atomic mass is 32.2. The Bertz CT molecular complexity index is 585. The molecule has 0 saturated carbocycles. The third-order valence-corrected chi connectivity index (χ3v) is 3.51. The molecule has 0 fully saturated rings. The van der Waals surface area contributed by atoms with Crippen molar-refractivity contribution in [1.82, 2.24) is 20.2 Å². The van der Waals surface area contributed by atoms with Crippen LogP contribution in [0, 0.1) is 6.92 Å². The van der Waals surface area contributed by atoms with Gasteiger partial charge in [0.05, 0.1) is 12.8 Å². The molecule has 0 unspecified atom stereocenters. The molecule has 2 rings (SSSR count). The zero-order chi connectivity index (χ0) is 13.8. The van der Waals surface area contributed by atoms with E-state index in [-0.39, 0.29) is 11.2 Å². The van der Waals surface area contributed by atoms with Gasteiger partial charge in [-0.3, -0.25) is 4.79 Å². The molecule has 7 heteroatoms. The van der Waals surface area contributed by atoms with Crippen LogP contribution in [0.5, 0.6) is 0 Å². The Morgan fingerprint density at radius 1 is 1.47 bits per heavy atom. The quantitative estimate of drug-likeness (QED) is 0.625. The lowest BCUT2D eigenvalue weighted by molar-refractivity contribution is -0.139. The van der Waals surface area contributed by atoms with Crippen LogP contribution in [0.15, 0.2) is 29.4 Å². The van der Waals surface area contributed by atoms with Crippen molar-refractivity contribution >= 4 is 17.7 Å². The maximum Gasteiger partial charge on any atom is 0.318 e. The van der Waals surface area contributed by atoms with Gasteiger partial charge in [-0.05, 0) is 42.0 Å². The summed E-state index contributed by atoms with van der Waals surface area (Å²) in [5, 5.41) is 11.7. The first-order chi connectivity index (χ1) is 9.11. The van der Waals surface area contributed by atoms with Gasteiger partial charge in [-0.15, -0.1) is 5.10 Å². The fourth-order valence-corrected chi connectivity index (χ4v) is 2.38. The molecular formula is C12H14N4O2S. The van der Waals surface area contributed by atoms with E-state index in [2.05, 4.69) is 20.3 Å². The molecule has 0 N–H and O–H groups in total. The molecule has 6 nitrogen and oxygen atoms in total. The molecule has 0 spiro atoms. The van der Waals surface area contributed by atoms with Crippen LogP contribution in [0.3, 0.4) is 0 Å². The highest BCUT2D eigenvalue weighted by molar-refractivity contribution is 8.00. The minimum atomic E-state index is -0.362. The molecule has 19 heavy (non-hydrogen) atoms. The molecule has 1 aromatic carbocycles. The second-order valence-electron chi connectivity index (χ2n) is 4.00. The van der Waals surface area contributed by atoms with Crippen molar-refractivity contribution in [2.75, 3.05) is 7.11 Å². The molecule has 0 aliphatic heterocycles. The molecule has 1 aromatic heterocycles. The Kier molecular flexibility index (Phi) is 4.16. The smallest absolute Gasteiger partial charge is 0.318 e. The lowest BCUT2D eigenvalue weighted by atomic mass is 10.2. The van der Waals surface area contributed by atoms with E-state index < -0.39 is 0 Å². The fraction of sp³-hybridized carbons (Fsp3) is 0.333. The normalized spacial score (nSPS) is 12.2. The molecule has 0 radical (unpaired) electrons. The summed E-state index contributed by atoms with van der Waals surface area (Å²) >= 11 is 1.26. The highest BCUT2D eigenvalue weighted by Gasteiger charge is 2.19. The van der Waals surface area contributed by atoms with Gasteiger partial charge in [0, 0.05) is 0 Å². The number of aromatic nitrogens is 4. The van der Waals surface area contributed by atoms with Gasteiger partial charge in [0.1, 0.15) is 5.25 Å². The van der Waals surface area contributed by atoms with Gasteiger partial charge in [-0.25, -0.2) is 0 Å². The number of tetrazole rings is 1. The first-order valence-electron chi connectivity index (χ1n) is 5.71. The number of hydrogen-bond donors (Lipinski definition) is 0. The van der Waals surface area contributed by atoms with Crippen molar-refractivity contribution in [1.29, 1.82) is 0 Å². The zero-order valence-electron chi connectivity index (χ0n) is 10.9. The van der Waals surface area contributed by atoms with Crippen molar-refractivity contribution in [3.8, 4) is 5.69 Å². The van der Waals surface area contributed by atoms with Crippen molar-refractivity contribution < 1.29 is 9.53 Å². The van der Waals surface area contributed by atoms with Gasteiger partial charge >= 0.3 is 5.97 Å². The van der Waals surface area contributed by atoms with E-state index in [1.807, 2.05) is 31.2 Å². The van der Waals surface area contributed by atoms with Crippen LogP contribution in [0.4, 0.5) is 0 Å². The largest absolute Gasteiger partial charge is 0.468 e. The van der Waals surface area contributed by atoms with E-state index in [4.69, 9.17) is 0 Å². The predicted molar refractivity (Wildman–Crippen MR) is 71.2 cm³/mol. The van der Waals surface area contributed by atoms with Crippen molar-refractivity contribution in [2.45, 2.75) is 24.3 Å². The average molecular weight is 278 g/mol. The summed E-state index contributed by atoms with van der Waals surface area (Å²) in [6, 6.07) is 7.82. The Balaban J connectivity index is 2.25. The number of esters is 1. The van der Waals surface area contributed by atoms with Crippen LogP contribution in [0.1, 0.15) is 12.5 Å². The predicted octanol–water partition coefficient (Wildman–Crippen LogP) is 1.62. The van der Waals surface area contributed by atoms with Gasteiger partial charge in [0.15, 0.2) is 0 Å². The molecular weight excluding hydrogens is 264 g/mol. The molecule has 100 valence electrons. The van der Waals surface area contributed by atoms with Crippen LogP contribution in [-0.4, -0.2) is 38.5 Å². The number of aryl methyl sites for hydroxylation is 1. The Labute approximate surface area is 115 Å². The fourth-order valence-electron chi connectivity index (χ4n) is 1.55. The molecule has 0 bridgehead atoms. The standard InChI is InChI=1S/C12H14N4O2S/c1-8-5-4-6-10(7-8)16-12(13-14-15-16)19-9(2)11(17)18-3/h4-7,9H,1-3H3/t9-/m0/s1. The number of hydrogen-bond acceptors (Lipinski definition) is 6. The van der Waals surface area contributed by atoms with E-state index >= 15 is 0 Å². The van der Waals surface area contributed by atoms with E-state index in [0.717, 1.165) is 11.3 Å². The van der Waals surface area contributed by atoms with E-state index in [1.54, 1.807) is 11.6 Å². The summed E-state index contributed by atoms with van der Waals surface area (Å²) in [6.07, 6.45) is 0. The molecule has 0 saturated heterocycles. The van der Waals surface area contributed by atoms with Crippen LogP contribution >= 0.6 is 11.8 Å². The molecule has 2 aromatic rings.